The molecule has 0 unspecified atom stereocenters. The number of carbonyl (C=O) groups excluding carboxylic acids is 2. The van der Waals surface area contributed by atoms with Gasteiger partial charge in [0.15, 0.2) is 0 Å². The van der Waals surface area contributed by atoms with Crippen LogP contribution in [0.1, 0.15) is 31.8 Å². The monoisotopic (exact) mass is 489 g/mol. The lowest BCUT2D eigenvalue weighted by Crippen LogP contribution is -2.33. The highest BCUT2D eigenvalue weighted by molar-refractivity contribution is 7.95. The highest BCUT2D eigenvalue weighted by Gasteiger charge is 2.56. The van der Waals surface area contributed by atoms with Crippen molar-refractivity contribution >= 4 is 35.3 Å². The van der Waals surface area contributed by atoms with Crippen molar-refractivity contribution in [2.45, 2.75) is 0 Å². The fourth-order valence-corrected chi connectivity index (χ4v) is 7.86. The van der Waals surface area contributed by atoms with Crippen molar-refractivity contribution in [3.8, 4) is 0 Å². The standard InChI is InChI=1S/C31H21FNO2P/c32-36(25-16-8-3-9-17-25)28(22-12-4-1-5-13-22)20-24(21-29(36)23-14-6-2-7-15-23)33-30(34)26-18-10-11-19-27(26)31(33)35/h1-21H/q+1. The van der Waals surface area contributed by atoms with E-state index in [4.69, 9.17) is 0 Å². The lowest BCUT2D eigenvalue weighted by atomic mass is 10.1. The van der Waals surface area contributed by atoms with Crippen LogP contribution < -0.4 is 5.30 Å². The SMILES string of the molecule is O=C1c2ccccc2C(=O)N1[C]1C=C(c2ccccc2)[P+](F)(c2ccccc2)C(c2ccccc2)=C1. The summed E-state index contributed by atoms with van der Waals surface area (Å²) in [6.07, 6.45) is 3.37. The van der Waals surface area contributed by atoms with Gasteiger partial charge in [-0.3, -0.25) is 14.5 Å². The van der Waals surface area contributed by atoms with Crippen molar-refractivity contribution in [1.29, 1.82) is 0 Å². The van der Waals surface area contributed by atoms with E-state index in [1.807, 2.05) is 91.0 Å². The first-order valence-corrected chi connectivity index (χ1v) is 13.3. The zero-order chi connectivity index (χ0) is 24.7. The second-order valence-corrected chi connectivity index (χ2v) is 11.3. The molecule has 2 aliphatic rings. The van der Waals surface area contributed by atoms with Crippen LogP contribution in [0.4, 0.5) is 4.20 Å². The number of rotatable bonds is 4. The highest BCUT2D eigenvalue weighted by Crippen LogP contribution is 2.80. The predicted molar refractivity (Wildman–Crippen MR) is 143 cm³/mol. The molecule has 3 nitrogen and oxygen atoms in total. The molecule has 0 bridgehead atoms. The minimum absolute atomic E-state index is 0.356. The molecule has 0 aromatic heterocycles. The van der Waals surface area contributed by atoms with Gasteiger partial charge in [-0.25, -0.2) is 0 Å². The van der Waals surface area contributed by atoms with Crippen molar-refractivity contribution in [1.82, 2.24) is 4.90 Å². The minimum atomic E-state index is -3.62. The van der Waals surface area contributed by atoms with Gasteiger partial charge in [0.1, 0.15) is 22.0 Å². The maximum absolute atomic E-state index is 17.9. The van der Waals surface area contributed by atoms with E-state index < -0.39 is 19.4 Å². The summed E-state index contributed by atoms with van der Waals surface area (Å²) < 4.78 is 17.9. The molecular weight excluding hydrogens is 468 g/mol. The molecule has 0 fully saturated rings. The summed E-state index contributed by atoms with van der Waals surface area (Å²) in [6.45, 7) is 0. The summed E-state index contributed by atoms with van der Waals surface area (Å²) in [7, 11) is -3.62. The van der Waals surface area contributed by atoms with E-state index in [2.05, 4.69) is 0 Å². The highest BCUT2D eigenvalue weighted by atomic mass is 31.2. The molecule has 2 heterocycles. The fraction of sp³-hybridized carbons (Fsp3) is 0. The molecule has 4 aromatic rings. The van der Waals surface area contributed by atoms with Crippen LogP contribution in [0, 0.1) is 6.04 Å². The molecule has 0 aliphatic carbocycles. The Morgan fingerprint density at radius 1 is 0.528 bits per heavy atom. The van der Waals surface area contributed by atoms with Crippen LogP contribution >= 0.6 is 7.57 Å². The zero-order valence-corrected chi connectivity index (χ0v) is 20.1. The molecule has 4 aromatic carbocycles. The Balaban J connectivity index is 1.60. The van der Waals surface area contributed by atoms with Gasteiger partial charge in [0, 0.05) is 11.1 Å². The van der Waals surface area contributed by atoms with E-state index in [0.29, 0.717) is 44.2 Å². The summed E-state index contributed by atoms with van der Waals surface area (Å²) in [5.41, 5.74) is 2.14. The third-order valence-corrected chi connectivity index (χ3v) is 9.65. The smallest absolute Gasteiger partial charge is 0.269 e. The molecular formula is C31H21FNO2P+. The van der Waals surface area contributed by atoms with E-state index in [-0.39, 0.29) is 0 Å². The minimum Gasteiger partial charge on any atom is -0.269 e. The molecule has 2 amide bonds. The Bertz CT molecular complexity index is 1440. The fourth-order valence-electron chi connectivity index (χ4n) is 4.83. The molecule has 173 valence electrons. The first-order chi connectivity index (χ1) is 17.6. The van der Waals surface area contributed by atoms with Gasteiger partial charge in [0.05, 0.1) is 11.1 Å². The maximum atomic E-state index is 17.9. The third kappa shape index (κ3) is 3.45. The number of benzene rings is 4. The number of imide groups is 1. The summed E-state index contributed by atoms with van der Waals surface area (Å²) in [5.74, 6) is -0.801. The molecule has 0 saturated carbocycles. The molecule has 36 heavy (non-hydrogen) atoms. The maximum Gasteiger partial charge on any atom is 0.299 e. The third-order valence-electron chi connectivity index (χ3n) is 6.54. The van der Waals surface area contributed by atoms with Crippen LogP contribution in [-0.2, 0) is 0 Å². The molecule has 0 saturated heterocycles. The lowest BCUT2D eigenvalue weighted by Gasteiger charge is -2.30. The number of halogens is 1. The number of nitrogens with zero attached hydrogens (tertiary/aromatic N) is 1. The zero-order valence-electron chi connectivity index (χ0n) is 19.2. The second kappa shape index (κ2) is 8.82. The predicted octanol–water partition coefficient (Wildman–Crippen LogP) is 7.14. The molecule has 6 rings (SSSR count). The van der Waals surface area contributed by atoms with Crippen molar-refractivity contribution in [2.75, 3.05) is 0 Å². The van der Waals surface area contributed by atoms with Crippen LogP contribution in [0.2, 0.25) is 0 Å². The van der Waals surface area contributed by atoms with E-state index in [1.54, 1.807) is 36.4 Å². The largest absolute Gasteiger partial charge is 0.299 e. The average Bonchev–Trinajstić information content (AvgIpc) is 3.20. The van der Waals surface area contributed by atoms with Crippen LogP contribution in [0.3, 0.4) is 0 Å². The number of hydrogen-bond donors (Lipinski definition) is 0. The van der Waals surface area contributed by atoms with Crippen molar-refractivity contribution < 1.29 is 13.8 Å². The topological polar surface area (TPSA) is 37.4 Å². The van der Waals surface area contributed by atoms with E-state index >= 15 is 4.20 Å². The van der Waals surface area contributed by atoms with Crippen molar-refractivity contribution in [3.63, 3.8) is 0 Å². The normalized spacial score (nSPS) is 17.0. The molecule has 5 heteroatoms. The average molecular weight is 489 g/mol. The van der Waals surface area contributed by atoms with Crippen LogP contribution in [-0.4, -0.2) is 16.7 Å². The molecule has 0 N–H and O–H groups in total. The number of carbonyl (C=O) groups is 2. The first-order valence-electron chi connectivity index (χ1n) is 11.6. The Kier molecular flexibility index (Phi) is 5.47. The number of amides is 2. The van der Waals surface area contributed by atoms with Crippen LogP contribution in [0.5, 0.6) is 0 Å². The summed E-state index contributed by atoms with van der Waals surface area (Å²) >= 11 is 0. The number of hydrogen-bond acceptors (Lipinski definition) is 2. The van der Waals surface area contributed by atoms with Gasteiger partial charge < -0.3 is 0 Å². The quantitative estimate of drug-likeness (QED) is 0.226. The van der Waals surface area contributed by atoms with Gasteiger partial charge >= 0.3 is 0 Å². The summed E-state index contributed by atoms with van der Waals surface area (Å²) in [5, 5.41) is 1.53. The number of fused-ring (bicyclic) bond motifs is 1. The van der Waals surface area contributed by atoms with E-state index in [9.17, 15) is 9.59 Å². The molecule has 2 aliphatic heterocycles. The van der Waals surface area contributed by atoms with E-state index in [1.165, 1.54) is 4.90 Å². The van der Waals surface area contributed by atoms with Crippen molar-refractivity contribution in [3.05, 3.63) is 156 Å². The molecule has 0 atom stereocenters. The Hall–Kier alpha value is -4.14. The Morgan fingerprint density at radius 3 is 1.36 bits per heavy atom. The van der Waals surface area contributed by atoms with Gasteiger partial charge in [-0.2, -0.15) is 0 Å². The molecule has 0 spiro atoms. The summed E-state index contributed by atoms with van der Waals surface area (Å²) in [6, 6.07) is 35.1. The van der Waals surface area contributed by atoms with Crippen LogP contribution in [0.25, 0.3) is 10.6 Å². The summed E-state index contributed by atoms with van der Waals surface area (Å²) in [4.78, 5) is 27.9. The Morgan fingerprint density at radius 2 is 0.917 bits per heavy atom. The van der Waals surface area contributed by atoms with Gasteiger partial charge in [-0.15, -0.1) is 0 Å². The second-order valence-electron chi connectivity index (χ2n) is 8.63. The van der Waals surface area contributed by atoms with E-state index in [0.717, 1.165) is 0 Å². The Labute approximate surface area is 209 Å². The van der Waals surface area contributed by atoms with Crippen LogP contribution in [0.15, 0.2) is 127 Å². The van der Waals surface area contributed by atoms with Gasteiger partial charge in [0.2, 0.25) is 0 Å². The first kappa shape index (κ1) is 22.3. The molecule has 1 radical (unpaired) electrons. The van der Waals surface area contributed by atoms with Gasteiger partial charge in [-0.05, 0) is 40.6 Å². The van der Waals surface area contributed by atoms with Gasteiger partial charge in [0.25, 0.3) is 19.4 Å². The van der Waals surface area contributed by atoms with Crippen molar-refractivity contribution in [2.24, 2.45) is 0 Å². The van der Waals surface area contributed by atoms with Gasteiger partial charge in [-0.1, -0.05) is 91.0 Å². The lowest BCUT2D eigenvalue weighted by molar-refractivity contribution is 0.0686.